The summed E-state index contributed by atoms with van der Waals surface area (Å²) in [5.74, 6) is 0. The number of hydrogen-bond donors (Lipinski definition) is 0. The van der Waals surface area contributed by atoms with Crippen LogP contribution >= 0.6 is 11.6 Å². The third kappa shape index (κ3) is 2.54. The minimum absolute atomic E-state index is 0.729. The molecule has 0 atom stereocenters. The standard InChI is InChI=1S/C12H15ClN2O/c1-2-16-7-3-6-15-9-14-11-8-10(13)4-5-12(11)15/h4-5,8-9H,2-3,6-7H2,1H3. The number of hydrogen-bond acceptors (Lipinski definition) is 2. The third-order valence-electron chi connectivity index (χ3n) is 2.47. The van der Waals surface area contributed by atoms with Crippen molar-refractivity contribution in [3.63, 3.8) is 0 Å². The lowest BCUT2D eigenvalue weighted by molar-refractivity contribution is 0.142. The zero-order valence-corrected chi connectivity index (χ0v) is 10.1. The first-order chi connectivity index (χ1) is 7.81. The summed E-state index contributed by atoms with van der Waals surface area (Å²) >= 11 is 5.90. The van der Waals surface area contributed by atoms with Crippen LogP contribution in [0.25, 0.3) is 11.0 Å². The molecule has 0 radical (unpaired) electrons. The van der Waals surface area contributed by atoms with Gasteiger partial charge >= 0.3 is 0 Å². The van der Waals surface area contributed by atoms with Gasteiger partial charge in [-0.25, -0.2) is 4.98 Å². The number of fused-ring (bicyclic) bond motifs is 1. The SMILES string of the molecule is CCOCCCn1cnc2cc(Cl)ccc21. The van der Waals surface area contributed by atoms with E-state index in [4.69, 9.17) is 16.3 Å². The lowest BCUT2D eigenvalue weighted by atomic mass is 10.3. The highest BCUT2D eigenvalue weighted by Crippen LogP contribution is 2.18. The van der Waals surface area contributed by atoms with Crippen LogP contribution in [0.2, 0.25) is 5.02 Å². The fraction of sp³-hybridized carbons (Fsp3) is 0.417. The van der Waals surface area contributed by atoms with Crippen molar-refractivity contribution in [2.45, 2.75) is 19.9 Å². The highest BCUT2D eigenvalue weighted by Gasteiger charge is 2.02. The molecule has 0 saturated carbocycles. The Hall–Kier alpha value is -1.06. The van der Waals surface area contributed by atoms with Crippen LogP contribution in [0.4, 0.5) is 0 Å². The Morgan fingerprint density at radius 3 is 3.12 bits per heavy atom. The quantitative estimate of drug-likeness (QED) is 0.749. The summed E-state index contributed by atoms with van der Waals surface area (Å²) in [6.45, 7) is 4.51. The molecule has 0 N–H and O–H groups in total. The third-order valence-corrected chi connectivity index (χ3v) is 2.71. The second kappa shape index (κ2) is 5.32. The van der Waals surface area contributed by atoms with Crippen molar-refractivity contribution in [2.75, 3.05) is 13.2 Å². The van der Waals surface area contributed by atoms with Gasteiger partial charge in [-0.2, -0.15) is 0 Å². The molecule has 1 heterocycles. The van der Waals surface area contributed by atoms with Crippen molar-refractivity contribution in [2.24, 2.45) is 0 Å². The molecule has 0 fully saturated rings. The van der Waals surface area contributed by atoms with Gasteiger partial charge in [-0.3, -0.25) is 0 Å². The van der Waals surface area contributed by atoms with E-state index < -0.39 is 0 Å². The number of imidazole rings is 1. The lowest BCUT2D eigenvalue weighted by Crippen LogP contribution is -2.01. The van der Waals surface area contributed by atoms with Gasteiger partial charge in [-0.15, -0.1) is 0 Å². The topological polar surface area (TPSA) is 27.1 Å². The zero-order valence-electron chi connectivity index (χ0n) is 9.32. The fourth-order valence-electron chi connectivity index (χ4n) is 1.70. The number of halogens is 1. The summed E-state index contributed by atoms with van der Waals surface area (Å²) in [6, 6.07) is 5.78. The zero-order chi connectivity index (χ0) is 11.4. The Balaban J connectivity index is 2.07. The average molecular weight is 239 g/mol. The number of aryl methyl sites for hydroxylation is 1. The summed E-state index contributed by atoms with van der Waals surface area (Å²) in [5, 5.41) is 0.729. The van der Waals surface area contributed by atoms with Gasteiger partial charge in [0.25, 0.3) is 0 Å². The van der Waals surface area contributed by atoms with E-state index in [0.29, 0.717) is 0 Å². The van der Waals surface area contributed by atoms with E-state index >= 15 is 0 Å². The predicted octanol–water partition coefficient (Wildman–Crippen LogP) is 3.12. The normalized spacial score (nSPS) is 11.1. The van der Waals surface area contributed by atoms with Crippen molar-refractivity contribution in [3.8, 4) is 0 Å². The van der Waals surface area contributed by atoms with Crippen LogP contribution in [0.5, 0.6) is 0 Å². The molecule has 0 aliphatic heterocycles. The van der Waals surface area contributed by atoms with Crippen LogP contribution in [0.1, 0.15) is 13.3 Å². The first-order valence-electron chi connectivity index (χ1n) is 5.49. The van der Waals surface area contributed by atoms with E-state index in [0.717, 1.165) is 42.2 Å². The summed E-state index contributed by atoms with van der Waals surface area (Å²) < 4.78 is 7.44. The molecule has 16 heavy (non-hydrogen) atoms. The Morgan fingerprint density at radius 1 is 1.44 bits per heavy atom. The molecule has 1 aromatic heterocycles. The molecule has 0 unspecified atom stereocenters. The highest BCUT2D eigenvalue weighted by atomic mass is 35.5. The van der Waals surface area contributed by atoms with Crippen LogP contribution in [0.3, 0.4) is 0 Å². The Labute approximate surface area is 100.0 Å². The first-order valence-corrected chi connectivity index (χ1v) is 5.87. The molecule has 0 amide bonds. The van der Waals surface area contributed by atoms with Gasteiger partial charge in [0.1, 0.15) is 0 Å². The molecule has 0 bridgehead atoms. The molecule has 1 aromatic carbocycles. The first kappa shape index (κ1) is 11.4. The maximum atomic E-state index is 5.90. The van der Waals surface area contributed by atoms with E-state index in [1.807, 2.05) is 31.5 Å². The molecule has 0 spiro atoms. The van der Waals surface area contributed by atoms with Crippen LogP contribution in [-0.4, -0.2) is 22.8 Å². The second-order valence-electron chi connectivity index (χ2n) is 3.62. The highest BCUT2D eigenvalue weighted by molar-refractivity contribution is 6.31. The van der Waals surface area contributed by atoms with E-state index in [2.05, 4.69) is 9.55 Å². The molecular weight excluding hydrogens is 224 g/mol. The van der Waals surface area contributed by atoms with Gasteiger partial charge in [-0.05, 0) is 31.5 Å². The lowest BCUT2D eigenvalue weighted by Gasteiger charge is -2.04. The van der Waals surface area contributed by atoms with Crippen molar-refractivity contribution < 1.29 is 4.74 Å². The number of rotatable bonds is 5. The molecule has 0 aliphatic carbocycles. The fourth-order valence-corrected chi connectivity index (χ4v) is 1.86. The van der Waals surface area contributed by atoms with Crippen molar-refractivity contribution >= 4 is 22.6 Å². The minimum Gasteiger partial charge on any atom is -0.382 e. The van der Waals surface area contributed by atoms with Gasteiger partial charge in [-0.1, -0.05) is 11.6 Å². The molecule has 86 valence electrons. The predicted molar refractivity (Wildman–Crippen MR) is 65.9 cm³/mol. The second-order valence-corrected chi connectivity index (χ2v) is 4.06. The van der Waals surface area contributed by atoms with Crippen LogP contribution in [0, 0.1) is 0 Å². The maximum absolute atomic E-state index is 5.90. The monoisotopic (exact) mass is 238 g/mol. The van der Waals surface area contributed by atoms with Crippen LogP contribution in [-0.2, 0) is 11.3 Å². The van der Waals surface area contributed by atoms with E-state index in [-0.39, 0.29) is 0 Å². The summed E-state index contributed by atoms with van der Waals surface area (Å²) in [5.41, 5.74) is 2.07. The van der Waals surface area contributed by atoms with Crippen LogP contribution in [0.15, 0.2) is 24.5 Å². The number of benzene rings is 1. The minimum atomic E-state index is 0.729. The summed E-state index contributed by atoms with van der Waals surface area (Å²) in [7, 11) is 0. The largest absolute Gasteiger partial charge is 0.382 e. The van der Waals surface area contributed by atoms with E-state index in [1.54, 1.807) is 0 Å². The number of nitrogens with zero attached hydrogens (tertiary/aromatic N) is 2. The van der Waals surface area contributed by atoms with Gasteiger partial charge in [0, 0.05) is 24.8 Å². The van der Waals surface area contributed by atoms with E-state index in [9.17, 15) is 0 Å². The molecule has 0 saturated heterocycles. The van der Waals surface area contributed by atoms with Gasteiger partial charge in [0.15, 0.2) is 0 Å². The molecule has 3 nitrogen and oxygen atoms in total. The summed E-state index contributed by atoms with van der Waals surface area (Å²) in [6.07, 6.45) is 2.86. The van der Waals surface area contributed by atoms with Crippen molar-refractivity contribution in [1.29, 1.82) is 0 Å². The van der Waals surface area contributed by atoms with Crippen molar-refractivity contribution in [3.05, 3.63) is 29.5 Å². The average Bonchev–Trinajstić information content (AvgIpc) is 2.67. The summed E-state index contributed by atoms with van der Waals surface area (Å²) in [4.78, 5) is 4.32. The molecule has 4 heteroatoms. The Bertz CT molecular complexity index is 467. The van der Waals surface area contributed by atoms with Gasteiger partial charge in [0.05, 0.1) is 17.4 Å². The Kier molecular flexibility index (Phi) is 3.80. The molecule has 0 aliphatic rings. The van der Waals surface area contributed by atoms with Gasteiger partial charge < -0.3 is 9.30 Å². The molecular formula is C12H15ClN2O. The smallest absolute Gasteiger partial charge is 0.0958 e. The molecule has 2 rings (SSSR count). The molecule has 2 aromatic rings. The van der Waals surface area contributed by atoms with Gasteiger partial charge in [0.2, 0.25) is 0 Å². The van der Waals surface area contributed by atoms with Crippen molar-refractivity contribution in [1.82, 2.24) is 9.55 Å². The maximum Gasteiger partial charge on any atom is 0.0958 e. The Morgan fingerprint density at radius 2 is 2.31 bits per heavy atom. The van der Waals surface area contributed by atoms with Crippen LogP contribution < -0.4 is 0 Å². The number of ether oxygens (including phenoxy) is 1. The number of aromatic nitrogens is 2. The van der Waals surface area contributed by atoms with E-state index in [1.165, 1.54) is 0 Å².